The maximum Gasteiger partial charge on any atom is 0.295 e. The first-order valence-corrected chi connectivity index (χ1v) is 9.46. The van der Waals surface area contributed by atoms with Crippen molar-refractivity contribution in [3.63, 3.8) is 0 Å². The number of rotatable bonds is 1. The Bertz CT molecular complexity index is 793. The van der Waals surface area contributed by atoms with E-state index in [2.05, 4.69) is 6.07 Å². The highest BCUT2D eigenvalue weighted by atomic mass is 32.2. The molecule has 0 spiro atoms. The van der Waals surface area contributed by atoms with Gasteiger partial charge in [0.2, 0.25) is 0 Å². The van der Waals surface area contributed by atoms with Crippen molar-refractivity contribution in [3.05, 3.63) is 28.3 Å². The quantitative estimate of drug-likeness (QED) is 0.744. The summed E-state index contributed by atoms with van der Waals surface area (Å²) in [5, 5.41) is 9.78. The SMILES string of the molecule is CC(C)(C)c1cc(C(C)(C)C)c(S(=O)(=O)O)c(C(C)(C)C)c1C#N. The van der Waals surface area contributed by atoms with E-state index < -0.39 is 20.9 Å². The van der Waals surface area contributed by atoms with Crippen LogP contribution in [0.2, 0.25) is 0 Å². The number of benzene rings is 1. The predicted molar refractivity (Wildman–Crippen MR) is 97.1 cm³/mol. The Kier molecular flexibility index (Phi) is 5.04. The van der Waals surface area contributed by atoms with Gasteiger partial charge in [0.1, 0.15) is 4.90 Å². The largest absolute Gasteiger partial charge is 0.295 e. The highest BCUT2D eigenvalue weighted by Crippen LogP contribution is 2.43. The molecule has 0 saturated carbocycles. The molecule has 0 saturated heterocycles. The summed E-state index contributed by atoms with van der Waals surface area (Å²) in [6.45, 7) is 17.3. The summed E-state index contributed by atoms with van der Waals surface area (Å²) >= 11 is 0. The van der Waals surface area contributed by atoms with E-state index >= 15 is 0 Å². The minimum absolute atomic E-state index is 0.118. The summed E-state index contributed by atoms with van der Waals surface area (Å²) in [7, 11) is -4.48. The molecular formula is C19H29NO3S. The third kappa shape index (κ3) is 3.99. The molecule has 24 heavy (non-hydrogen) atoms. The van der Waals surface area contributed by atoms with Gasteiger partial charge >= 0.3 is 0 Å². The zero-order valence-corrected chi connectivity index (χ0v) is 17.0. The molecule has 0 aliphatic carbocycles. The van der Waals surface area contributed by atoms with Gasteiger partial charge < -0.3 is 0 Å². The molecule has 0 aliphatic rings. The second-order valence-electron chi connectivity index (χ2n) is 9.39. The van der Waals surface area contributed by atoms with Crippen LogP contribution in [0.25, 0.3) is 0 Å². The molecule has 0 unspecified atom stereocenters. The number of hydrogen-bond donors (Lipinski definition) is 1. The molecule has 1 N–H and O–H groups in total. The van der Waals surface area contributed by atoms with Gasteiger partial charge in [-0.05, 0) is 32.9 Å². The molecule has 5 heteroatoms. The van der Waals surface area contributed by atoms with Crippen LogP contribution in [0.3, 0.4) is 0 Å². The third-order valence-electron chi connectivity index (χ3n) is 4.02. The fraction of sp³-hybridized carbons (Fsp3) is 0.632. The fourth-order valence-corrected chi connectivity index (χ4v) is 4.22. The Hall–Kier alpha value is -1.38. The highest BCUT2D eigenvalue weighted by Gasteiger charge is 2.37. The van der Waals surface area contributed by atoms with Gasteiger partial charge in [-0.25, -0.2) is 0 Å². The molecule has 1 aromatic carbocycles. The summed E-state index contributed by atoms with van der Waals surface area (Å²) in [6, 6.07) is 3.97. The first kappa shape index (κ1) is 20.7. The van der Waals surface area contributed by atoms with E-state index in [1.54, 1.807) is 6.07 Å². The Balaban J connectivity index is 4.36. The molecule has 0 fully saturated rings. The average Bonchev–Trinajstić information content (AvgIpc) is 2.31. The summed E-state index contributed by atoms with van der Waals surface area (Å²) in [5.41, 5.74) is 0.630. The van der Waals surface area contributed by atoms with Crippen LogP contribution in [0.5, 0.6) is 0 Å². The zero-order chi connectivity index (χ0) is 19.3. The monoisotopic (exact) mass is 351 g/mol. The molecule has 0 heterocycles. The average molecular weight is 352 g/mol. The minimum Gasteiger partial charge on any atom is -0.282 e. The molecule has 1 rings (SSSR count). The molecule has 134 valence electrons. The fourth-order valence-electron chi connectivity index (χ4n) is 2.91. The maximum absolute atomic E-state index is 12.2. The Morgan fingerprint density at radius 2 is 1.29 bits per heavy atom. The van der Waals surface area contributed by atoms with Crippen LogP contribution < -0.4 is 0 Å². The van der Waals surface area contributed by atoms with Crippen molar-refractivity contribution in [2.45, 2.75) is 83.5 Å². The van der Waals surface area contributed by atoms with Crippen LogP contribution >= 0.6 is 0 Å². The minimum atomic E-state index is -4.48. The standard InChI is InChI=1S/C19H29NO3S/c1-17(2,3)13-10-14(18(4,5)6)16(24(21,22)23)15(12(13)11-20)19(7,8)9/h10H,1-9H3,(H,21,22,23). The van der Waals surface area contributed by atoms with Gasteiger partial charge in [-0.1, -0.05) is 68.4 Å². The lowest BCUT2D eigenvalue weighted by Crippen LogP contribution is -2.28. The molecule has 4 nitrogen and oxygen atoms in total. The second kappa shape index (κ2) is 5.86. The van der Waals surface area contributed by atoms with E-state index in [0.717, 1.165) is 5.56 Å². The normalized spacial score (nSPS) is 13.7. The van der Waals surface area contributed by atoms with E-state index in [1.807, 2.05) is 62.3 Å². The summed E-state index contributed by atoms with van der Waals surface area (Å²) in [6.07, 6.45) is 0. The van der Waals surface area contributed by atoms with Gasteiger partial charge in [0.15, 0.2) is 0 Å². The van der Waals surface area contributed by atoms with Crippen LogP contribution in [-0.4, -0.2) is 13.0 Å². The molecule has 1 aromatic rings. The first-order valence-electron chi connectivity index (χ1n) is 8.02. The number of nitriles is 1. The van der Waals surface area contributed by atoms with Gasteiger partial charge in [0.25, 0.3) is 10.1 Å². The molecule has 0 aromatic heterocycles. The maximum atomic E-state index is 12.2. The Labute approximate surface area is 146 Å². The summed E-state index contributed by atoms with van der Waals surface area (Å²) in [5.74, 6) is 0. The second-order valence-corrected chi connectivity index (χ2v) is 10.7. The van der Waals surface area contributed by atoms with E-state index in [4.69, 9.17) is 0 Å². The van der Waals surface area contributed by atoms with Gasteiger partial charge in [-0.15, -0.1) is 0 Å². The van der Waals surface area contributed by atoms with Crippen molar-refractivity contribution < 1.29 is 13.0 Å². The van der Waals surface area contributed by atoms with Crippen LogP contribution in [0.15, 0.2) is 11.0 Å². The first-order chi connectivity index (χ1) is 10.4. The van der Waals surface area contributed by atoms with E-state index in [1.165, 1.54) is 0 Å². The van der Waals surface area contributed by atoms with E-state index in [-0.39, 0.29) is 10.3 Å². The van der Waals surface area contributed by atoms with Crippen molar-refractivity contribution in [2.75, 3.05) is 0 Å². The lowest BCUT2D eigenvalue weighted by atomic mass is 9.72. The lowest BCUT2D eigenvalue weighted by molar-refractivity contribution is 0.464. The van der Waals surface area contributed by atoms with Gasteiger partial charge in [-0.3, -0.25) is 4.55 Å². The van der Waals surface area contributed by atoms with Crippen LogP contribution in [0.1, 0.15) is 84.6 Å². The lowest BCUT2D eigenvalue weighted by Gasteiger charge is -2.33. The van der Waals surface area contributed by atoms with Gasteiger partial charge in [-0.2, -0.15) is 13.7 Å². The molecular weight excluding hydrogens is 322 g/mol. The third-order valence-corrected chi connectivity index (χ3v) is 4.96. The molecule has 0 aliphatic heterocycles. The predicted octanol–water partition coefficient (Wildman–Crippen LogP) is 4.70. The van der Waals surface area contributed by atoms with Gasteiger partial charge in [0, 0.05) is 0 Å². The summed E-state index contributed by atoms with van der Waals surface area (Å²) < 4.78 is 34.4. The van der Waals surface area contributed by atoms with E-state index in [0.29, 0.717) is 16.7 Å². The number of hydrogen-bond acceptors (Lipinski definition) is 3. The van der Waals surface area contributed by atoms with Crippen molar-refractivity contribution in [2.24, 2.45) is 0 Å². The van der Waals surface area contributed by atoms with Crippen LogP contribution in [0.4, 0.5) is 0 Å². The molecule has 0 bridgehead atoms. The molecule has 0 atom stereocenters. The number of nitrogens with zero attached hydrogens (tertiary/aromatic N) is 1. The van der Waals surface area contributed by atoms with Crippen molar-refractivity contribution in [3.8, 4) is 6.07 Å². The highest BCUT2D eigenvalue weighted by molar-refractivity contribution is 7.86. The smallest absolute Gasteiger partial charge is 0.282 e. The van der Waals surface area contributed by atoms with Crippen LogP contribution in [0, 0.1) is 11.3 Å². The topological polar surface area (TPSA) is 78.2 Å². The van der Waals surface area contributed by atoms with Gasteiger partial charge in [0.05, 0.1) is 11.6 Å². The van der Waals surface area contributed by atoms with E-state index in [9.17, 15) is 18.2 Å². The van der Waals surface area contributed by atoms with Crippen molar-refractivity contribution in [1.29, 1.82) is 5.26 Å². The Morgan fingerprint density at radius 1 is 0.875 bits per heavy atom. The zero-order valence-electron chi connectivity index (χ0n) is 16.2. The molecule has 0 radical (unpaired) electrons. The van der Waals surface area contributed by atoms with Crippen molar-refractivity contribution >= 4 is 10.1 Å². The van der Waals surface area contributed by atoms with Crippen molar-refractivity contribution in [1.82, 2.24) is 0 Å². The Morgan fingerprint density at radius 3 is 1.54 bits per heavy atom. The van der Waals surface area contributed by atoms with Crippen LogP contribution in [-0.2, 0) is 26.4 Å². The molecule has 0 amide bonds. The summed E-state index contributed by atoms with van der Waals surface area (Å²) in [4.78, 5) is -0.118.